The van der Waals surface area contributed by atoms with Crippen LogP contribution in [0.25, 0.3) is 111 Å². The second-order valence-electron chi connectivity index (χ2n) is 20.8. The second-order valence-corrected chi connectivity index (χ2v) is 20.8. The molecule has 0 fully saturated rings. The van der Waals surface area contributed by atoms with Crippen molar-refractivity contribution in [3.8, 4) is 56.3 Å². The van der Waals surface area contributed by atoms with Crippen molar-refractivity contribution in [1.29, 1.82) is 0 Å². The molecule has 7 heteroatoms. The molecule has 5 aromatic heterocycles. The zero-order valence-corrected chi connectivity index (χ0v) is 45.1. The number of rotatable bonds is 10. The maximum absolute atomic E-state index is 5.78. The summed E-state index contributed by atoms with van der Waals surface area (Å²) in [6, 6.07) is 71.7. The van der Waals surface area contributed by atoms with E-state index >= 15 is 0 Å². The van der Waals surface area contributed by atoms with Gasteiger partial charge in [0.05, 0.1) is 11.0 Å². The fraction of sp³-hybridized carbons (Fsp3) is 0.132. The molecule has 0 saturated carbocycles. The monoisotopic (exact) mass is 1150 g/mol. The summed E-state index contributed by atoms with van der Waals surface area (Å²) in [6.45, 7) is 13.8. The number of pyridine rings is 2. The minimum absolute atomic E-state index is 0. The van der Waals surface area contributed by atoms with Crippen molar-refractivity contribution in [2.75, 3.05) is 0 Å². The van der Waals surface area contributed by atoms with Gasteiger partial charge in [-0.15, -0.1) is 34.8 Å². The number of benzene rings is 8. The molecule has 13 aromatic rings. The van der Waals surface area contributed by atoms with E-state index in [4.69, 9.17) is 15.0 Å². The molecule has 0 saturated heterocycles. The summed E-state index contributed by atoms with van der Waals surface area (Å²) in [6.07, 6.45) is 5.70. The zero-order valence-electron chi connectivity index (χ0n) is 42.8. The molecule has 6 nitrogen and oxygen atoms in total. The van der Waals surface area contributed by atoms with E-state index in [-0.39, 0.29) is 26.5 Å². The molecule has 0 atom stereocenters. The smallest absolute Gasteiger partial charge is 0.656 e. The van der Waals surface area contributed by atoms with Crippen LogP contribution in [0, 0.1) is 6.07 Å². The number of hydrogen-bond acceptors (Lipinski definition) is 3. The summed E-state index contributed by atoms with van der Waals surface area (Å²) in [7, 11) is 0. The van der Waals surface area contributed by atoms with Gasteiger partial charge in [0.2, 0.25) is 0 Å². The van der Waals surface area contributed by atoms with Crippen LogP contribution < -0.4 is 4.98 Å². The number of aromatic nitrogens is 6. The average Bonchev–Trinajstić information content (AvgIpc) is 4.14. The molecule has 0 amide bonds. The van der Waals surface area contributed by atoms with E-state index in [9.17, 15) is 0 Å². The van der Waals surface area contributed by atoms with Crippen molar-refractivity contribution >= 4 is 54.6 Å². The molecular weight excluding hydrogens is 1100 g/mol. The minimum Gasteiger partial charge on any atom is -0.656 e. The third kappa shape index (κ3) is 8.11. The van der Waals surface area contributed by atoms with Gasteiger partial charge in [-0.25, -0.2) is 9.97 Å². The third-order valence-electron chi connectivity index (χ3n) is 15.3. The Morgan fingerprint density at radius 3 is 1.95 bits per heavy atom. The fourth-order valence-corrected chi connectivity index (χ4v) is 11.3. The second kappa shape index (κ2) is 18.9. The third-order valence-corrected chi connectivity index (χ3v) is 15.3. The zero-order chi connectivity index (χ0) is 50.2. The number of para-hydroxylation sites is 2. The van der Waals surface area contributed by atoms with E-state index < -0.39 is 0 Å². The average molecular weight is 1150 g/mol. The van der Waals surface area contributed by atoms with Crippen molar-refractivity contribution in [3.63, 3.8) is 0 Å². The first kappa shape index (κ1) is 47.8. The van der Waals surface area contributed by atoms with Crippen molar-refractivity contribution in [3.05, 3.63) is 235 Å². The Bertz CT molecular complexity index is 4260. The molecule has 0 radical (unpaired) electrons. The first-order valence-corrected chi connectivity index (χ1v) is 25.7. The van der Waals surface area contributed by atoms with Crippen molar-refractivity contribution in [2.24, 2.45) is 0 Å². The van der Waals surface area contributed by atoms with Crippen LogP contribution in [0.2, 0.25) is 0 Å². The predicted octanol–water partition coefficient (Wildman–Crippen LogP) is 17.2. The van der Waals surface area contributed by atoms with Gasteiger partial charge in [0.25, 0.3) is 0 Å². The van der Waals surface area contributed by atoms with E-state index in [0.717, 1.165) is 100.0 Å². The molecule has 13 rings (SSSR count). The van der Waals surface area contributed by atoms with Crippen molar-refractivity contribution in [1.82, 2.24) is 29.1 Å². The molecule has 0 unspecified atom stereocenters. The maximum Gasteiger partial charge on any atom is 2.00 e. The molecule has 75 heavy (non-hydrogen) atoms. The number of fused-ring (bicyclic) bond motifs is 7. The van der Waals surface area contributed by atoms with E-state index in [2.05, 4.69) is 250 Å². The van der Waals surface area contributed by atoms with Gasteiger partial charge >= 0.3 is 21.1 Å². The summed E-state index contributed by atoms with van der Waals surface area (Å²) in [5, 5.41) is 4.55. The minimum atomic E-state index is -0.271. The molecule has 5 heterocycles. The fourth-order valence-electron chi connectivity index (χ4n) is 11.3. The Labute approximate surface area is 452 Å². The predicted molar refractivity (Wildman–Crippen MR) is 307 cm³/mol. The van der Waals surface area contributed by atoms with Crippen LogP contribution >= 0.6 is 0 Å². The largest absolute Gasteiger partial charge is 2.00 e. The van der Waals surface area contributed by atoms with Crippen LogP contribution in [0.1, 0.15) is 75.6 Å². The van der Waals surface area contributed by atoms with Gasteiger partial charge in [-0.05, 0) is 127 Å². The van der Waals surface area contributed by atoms with Gasteiger partial charge in [0, 0.05) is 40.8 Å². The number of nitrogens with zero attached hydrogens (tertiary/aromatic N) is 6. The van der Waals surface area contributed by atoms with Crippen LogP contribution in [0.15, 0.2) is 207 Å². The summed E-state index contributed by atoms with van der Waals surface area (Å²) >= 11 is 0. The molecule has 0 aliphatic carbocycles. The Hall–Kier alpha value is -8.18. The van der Waals surface area contributed by atoms with Crippen LogP contribution in [0.4, 0.5) is 0 Å². The molecule has 0 bridgehead atoms. The SMILES string of the molecule is CC(C)c1cc2c3ccc(-c4cc(-c5ccncc5)cc5c4nc(-c4cccc6c4[n-]c4ccccc46)n5-c4ccc(-c5ccccc5)cc4)[c-]c3n(-c3cc(C(C)(C)c4ccccc4)ccn3)c2cc1C(C)C.[Pt+2]. The maximum atomic E-state index is 5.78. The topological polar surface area (TPSA) is 62.6 Å². The summed E-state index contributed by atoms with van der Waals surface area (Å²) in [5.74, 6) is 2.35. The quantitative estimate of drug-likeness (QED) is 0.128. The molecule has 0 N–H and O–H groups in total. The van der Waals surface area contributed by atoms with Crippen molar-refractivity contribution in [2.45, 2.75) is 58.8 Å². The van der Waals surface area contributed by atoms with Gasteiger partial charge in [0.15, 0.2) is 0 Å². The first-order chi connectivity index (χ1) is 36.1. The van der Waals surface area contributed by atoms with Crippen LogP contribution in [0.5, 0.6) is 0 Å². The van der Waals surface area contributed by atoms with Gasteiger partial charge < -0.3 is 9.55 Å². The van der Waals surface area contributed by atoms with Gasteiger partial charge in [-0.1, -0.05) is 180 Å². The van der Waals surface area contributed by atoms with Crippen LogP contribution in [0.3, 0.4) is 0 Å². The standard InChI is InChI=1S/C68H54N6.Pt/c1-42(2)56-40-59-53-29-26-47(37-61(53)74(62(59)41-57(56)43(3)4)64-39-50(32-35-70-64)68(5,6)49-18-11-8-12-19-49)58-36-48(46-30-33-69-34-31-46)38-63-66(58)72-67(55-22-15-21-54-52-20-13-14-23-60(52)71-65(54)55)73(63)51-27-24-45(25-28-51)44-16-9-7-10-17-44;/h7-36,38-43H,1-6H3;/q-2;+2. The Balaban J connectivity index is 0.00000569. The molecule has 8 aromatic carbocycles. The molecule has 0 spiro atoms. The molecular formula is C68H54N6Pt. The Morgan fingerprint density at radius 1 is 0.507 bits per heavy atom. The Kier molecular flexibility index (Phi) is 12.1. The van der Waals surface area contributed by atoms with Crippen molar-refractivity contribution < 1.29 is 21.1 Å². The van der Waals surface area contributed by atoms with Crippen LogP contribution in [-0.4, -0.2) is 24.1 Å². The van der Waals surface area contributed by atoms with E-state index in [1.54, 1.807) is 0 Å². The summed E-state index contributed by atoms with van der Waals surface area (Å²) in [4.78, 5) is 20.7. The summed E-state index contributed by atoms with van der Waals surface area (Å²) in [5.41, 5.74) is 19.0. The van der Waals surface area contributed by atoms with Gasteiger partial charge in [-0.2, -0.15) is 0 Å². The normalized spacial score (nSPS) is 12.0. The van der Waals surface area contributed by atoms with Gasteiger partial charge in [-0.3, -0.25) is 9.55 Å². The summed E-state index contributed by atoms with van der Waals surface area (Å²) < 4.78 is 4.68. The molecule has 366 valence electrons. The van der Waals surface area contributed by atoms with E-state index in [1.165, 1.54) is 33.2 Å². The Morgan fingerprint density at radius 2 is 1.19 bits per heavy atom. The molecule has 0 aliphatic heterocycles. The van der Waals surface area contributed by atoms with Gasteiger partial charge in [0.1, 0.15) is 11.6 Å². The number of hydrogen-bond donors (Lipinski definition) is 0. The van der Waals surface area contributed by atoms with E-state index in [1.807, 2.05) is 18.6 Å². The van der Waals surface area contributed by atoms with E-state index in [0.29, 0.717) is 11.8 Å². The number of imidazole rings is 1. The molecule has 0 aliphatic rings. The first-order valence-electron chi connectivity index (χ1n) is 25.7. The van der Waals surface area contributed by atoms with Crippen LogP contribution in [-0.2, 0) is 26.5 Å².